The molecule has 6 heteroatoms. The van der Waals surface area contributed by atoms with E-state index < -0.39 is 5.82 Å². The first-order valence-corrected chi connectivity index (χ1v) is 8.27. The van der Waals surface area contributed by atoms with Crippen molar-refractivity contribution in [2.24, 2.45) is 5.10 Å². The summed E-state index contributed by atoms with van der Waals surface area (Å²) in [6.45, 7) is 0. The maximum Gasteiger partial charge on any atom is 0.165 e. The first kappa shape index (κ1) is 16.8. The molecule has 0 aliphatic rings. The summed E-state index contributed by atoms with van der Waals surface area (Å²) in [5, 5.41) is 4.81. The van der Waals surface area contributed by atoms with Gasteiger partial charge in [0.2, 0.25) is 0 Å². The monoisotopic (exact) mass is 360 g/mol. The van der Waals surface area contributed by atoms with Gasteiger partial charge in [-0.15, -0.1) is 0 Å². The van der Waals surface area contributed by atoms with Gasteiger partial charge in [0.25, 0.3) is 0 Å². The second-order valence-corrected chi connectivity index (χ2v) is 5.78. The van der Waals surface area contributed by atoms with Crippen LogP contribution in [-0.2, 0) is 0 Å². The SMILES string of the molecule is Fc1ccccc1/C=N\Nc1nc(-c2ccccc2F)nc2ccccc12. The number of nitrogens with one attached hydrogen (secondary N) is 1. The smallest absolute Gasteiger partial charge is 0.165 e. The lowest BCUT2D eigenvalue weighted by Gasteiger charge is -2.08. The average molecular weight is 360 g/mol. The predicted octanol–water partition coefficient (Wildman–Crippen LogP) is 5.02. The Morgan fingerprint density at radius 2 is 1.48 bits per heavy atom. The molecule has 0 aliphatic heterocycles. The highest BCUT2D eigenvalue weighted by molar-refractivity contribution is 5.91. The summed E-state index contributed by atoms with van der Waals surface area (Å²) in [7, 11) is 0. The summed E-state index contributed by atoms with van der Waals surface area (Å²) in [6.07, 6.45) is 1.37. The average Bonchev–Trinajstić information content (AvgIpc) is 2.69. The molecule has 0 atom stereocenters. The van der Waals surface area contributed by atoms with Crippen molar-refractivity contribution in [2.75, 3.05) is 5.43 Å². The van der Waals surface area contributed by atoms with Gasteiger partial charge >= 0.3 is 0 Å². The Labute approximate surface area is 154 Å². The van der Waals surface area contributed by atoms with Crippen molar-refractivity contribution >= 4 is 22.9 Å². The Balaban J connectivity index is 1.75. The van der Waals surface area contributed by atoms with E-state index in [9.17, 15) is 8.78 Å². The summed E-state index contributed by atoms with van der Waals surface area (Å²) in [6, 6.07) is 19.9. The van der Waals surface area contributed by atoms with Crippen molar-refractivity contribution in [3.05, 3.63) is 90.0 Å². The van der Waals surface area contributed by atoms with Gasteiger partial charge in [-0.3, -0.25) is 5.43 Å². The molecular formula is C21H14F2N4. The van der Waals surface area contributed by atoms with E-state index in [-0.39, 0.29) is 11.6 Å². The molecule has 0 saturated carbocycles. The molecule has 0 spiro atoms. The van der Waals surface area contributed by atoms with E-state index in [1.807, 2.05) is 24.3 Å². The maximum absolute atomic E-state index is 14.2. The van der Waals surface area contributed by atoms with E-state index in [1.165, 1.54) is 18.3 Å². The van der Waals surface area contributed by atoms with Crippen LogP contribution in [0.4, 0.5) is 14.6 Å². The molecule has 27 heavy (non-hydrogen) atoms. The van der Waals surface area contributed by atoms with Crippen LogP contribution in [-0.4, -0.2) is 16.2 Å². The zero-order chi connectivity index (χ0) is 18.6. The van der Waals surface area contributed by atoms with Gasteiger partial charge in [-0.2, -0.15) is 5.10 Å². The number of hydrazone groups is 1. The molecule has 4 nitrogen and oxygen atoms in total. The lowest BCUT2D eigenvalue weighted by molar-refractivity contribution is 0.626. The highest BCUT2D eigenvalue weighted by Crippen LogP contribution is 2.26. The molecule has 1 aromatic heterocycles. The van der Waals surface area contributed by atoms with Gasteiger partial charge in [0.05, 0.1) is 17.3 Å². The van der Waals surface area contributed by atoms with Crippen LogP contribution < -0.4 is 5.43 Å². The van der Waals surface area contributed by atoms with Crippen molar-refractivity contribution in [1.29, 1.82) is 0 Å². The summed E-state index contributed by atoms with van der Waals surface area (Å²) in [5.41, 5.74) is 4.11. The Bertz CT molecular complexity index is 1140. The van der Waals surface area contributed by atoms with Crippen LogP contribution >= 0.6 is 0 Å². The fourth-order valence-electron chi connectivity index (χ4n) is 2.67. The standard InChI is InChI=1S/C21H14F2N4/c22-17-10-4-1-7-14(17)13-24-27-21-16-9-3-6-12-19(16)25-20(26-21)15-8-2-5-11-18(15)23/h1-13H,(H,25,26,27)/b24-13-. The molecule has 0 bridgehead atoms. The van der Waals surface area contributed by atoms with Crippen LogP contribution in [0.3, 0.4) is 0 Å². The number of halogens is 2. The van der Waals surface area contributed by atoms with Crippen LogP contribution in [0.15, 0.2) is 77.9 Å². The van der Waals surface area contributed by atoms with Gasteiger partial charge in [-0.05, 0) is 30.3 Å². The maximum atomic E-state index is 14.2. The molecule has 4 rings (SSSR count). The molecule has 0 aliphatic carbocycles. The van der Waals surface area contributed by atoms with Crippen LogP contribution in [0.1, 0.15) is 5.56 Å². The van der Waals surface area contributed by atoms with Gasteiger partial charge in [-0.1, -0.05) is 42.5 Å². The number of aromatic nitrogens is 2. The quantitative estimate of drug-likeness (QED) is 0.411. The van der Waals surface area contributed by atoms with Crippen LogP contribution in [0.25, 0.3) is 22.3 Å². The van der Waals surface area contributed by atoms with Crippen molar-refractivity contribution in [1.82, 2.24) is 9.97 Å². The van der Waals surface area contributed by atoms with Gasteiger partial charge in [0.15, 0.2) is 11.6 Å². The summed E-state index contributed by atoms with van der Waals surface area (Å²) >= 11 is 0. The molecule has 0 fully saturated rings. The van der Waals surface area contributed by atoms with Gasteiger partial charge in [0, 0.05) is 10.9 Å². The first-order chi connectivity index (χ1) is 13.2. The fraction of sp³-hybridized carbons (Fsp3) is 0. The molecule has 132 valence electrons. The van der Waals surface area contributed by atoms with Gasteiger partial charge < -0.3 is 0 Å². The minimum atomic E-state index is -0.409. The van der Waals surface area contributed by atoms with E-state index in [0.29, 0.717) is 22.5 Å². The number of hydrogen-bond acceptors (Lipinski definition) is 4. The third-order valence-corrected chi connectivity index (χ3v) is 4.00. The molecule has 1 N–H and O–H groups in total. The van der Waals surface area contributed by atoms with Crippen LogP contribution in [0.5, 0.6) is 0 Å². The lowest BCUT2D eigenvalue weighted by Crippen LogP contribution is -2.00. The molecule has 1 heterocycles. The minimum absolute atomic E-state index is 0.246. The van der Waals surface area contributed by atoms with Crippen molar-refractivity contribution in [3.8, 4) is 11.4 Å². The van der Waals surface area contributed by atoms with E-state index >= 15 is 0 Å². The van der Waals surface area contributed by atoms with Gasteiger partial charge in [0.1, 0.15) is 11.6 Å². The normalized spacial score (nSPS) is 11.2. The number of rotatable bonds is 4. The number of benzene rings is 3. The number of nitrogens with zero attached hydrogens (tertiary/aromatic N) is 3. The number of para-hydroxylation sites is 1. The minimum Gasteiger partial charge on any atom is -0.261 e. The van der Waals surface area contributed by atoms with E-state index in [0.717, 1.165) is 5.39 Å². The third-order valence-electron chi connectivity index (χ3n) is 4.00. The molecule has 0 radical (unpaired) electrons. The second kappa shape index (κ2) is 7.29. The Hall–Kier alpha value is -3.67. The lowest BCUT2D eigenvalue weighted by atomic mass is 10.1. The highest BCUT2D eigenvalue weighted by Gasteiger charge is 2.12. The largest absolute Gasteiger partial charge is 0.261 e. The highest BCUT2D eigenvalue weighted by atomic mass is 19.1. The zero-order valence-electron chi connectivity index (χ0n) is 14.1. The van der Waals surface area contributed by atoms with Crippen molar-refractivity contribution < 1.29 is 8.78 Å². The molecule has 3 aromatic carbocycles. The Kier molecular flexibility index (Phi) is 4.53. The Morgan fingerprint density at radius 3 is 2.30 bits per heavy atom. The molecular weight excluding hydrogens is 346 g/mol. The second-order valence-electron chi connectivity index (χ2n) is 5.78. The van der Waals surface area contributed by atoms with Gasteiger partial charge in [-0.25, -0.2) is 18.7 Å². The van der Waals surface area contributed by atoms with E-state index in [4.69, 9.17) is 0 Å². The third kappa shape index (κ3) is 3.50. The zero-order valence-corrected chi connectivity index (χ0v) is 14.1. The molecule has 0 unspecified atom stereocenters. The molecule has 0 amide bonds. The van der Waals surface area contributed by atoms with Crippen molar-refractivity contribution in [3.63, 3.8) is 0 Å². The molecule has 0 saturated heterocycles. The number of hydrogen-bond donors (Lipinski definition) is 1. The number of anilines is 1. The predicted molar refractivity (Wildman–Crippen MR) is 103 cm³/mol. The topological polar surface area (TPSA) is 50.2 Å². The molecule has 4 aromatic rings. The van der Waals surface area contributed by atoms with E-state index in [2.05, 4.69) is 20.5 Å². The summed E-state index contributed by atoms with van der Waals surface area (Å²) in [5.74, 6) is -0.127. The van der Waals surface area contributed by atoms with Crippen molar-refractivity contribution in [2.45, 2.75) is 0 Å². The van der Waals surface area contributed by atoms with E-state index in [1.54, 1.807) is 36.4 Å². The van der Waals surface area contributed by atoms with Crippen LogP contribution in [0, 0.1) is 11.6 Å². The summed E-state index contributed by atoms with van der Waals surface area (Å²) in [4.78, 5) is 8.86. The first-order valence-electron chi connectivity index (χ1n) is 8.27. The number of fused-ring (bicyclic) bond motifs is 1. The Morgan fingerprint density at radius 1 is 0.778 bits per heavy atom. The summed E-state index contributed by atoms with van der Waals surface area (Å²) < 4.78 is 27.9. The fourth-order valence-corrected chi connectivity index (χ4v) is 2.67. The van der Waals surface area contributed by atoms with Crippen LogP contribution in [0.2, 0.25) is 0 Å².